The van der Waals surface area contributed by atoms with E-state index < -0.39 is 4.92 Å². The van der Waals surface area contributed by atoms with E-state index in [-0.39, 0.29) is 11.5 Å². The van der Waals surface area contributed by atoms with Crippen LogP contribution in [0.25, 0.3) is 0 Å². The molecule has 0 saturated carbocycles. The standard InChI is InChI=1S/C20H17N2O3/c1-15-7-5-6-12-21(15)14-17-10-11-18(22(24)25)13-19(17)20(23)16-8-3-2-4-9-16/h2-13H,14H2,1H3/q+1. The maximum Gasteiger partial charge on any atom is 0.270 e. The van der Waals surface area contributed by atoms with Crippen LogP contribution in [-0.4, -0.2) is 10.7 Å². The molecule has 0 atom stereocenters. The fourth-order valence-corrected chi connectivity index (χ4v) is 2.69. The molecule has 0 saturated heterocycles. The predicted octanol–water partition coefficient (Wildman–Crippen LogP) is 3.47. The molecule has 0 unspecified atom stereocenters. The van der Waals surface area contributed by atoms with Gasteiger partial charge in [-0.05, 0) is 6.07 Å². The highest BCUT2D eigenvalue weighted by Crippen LogP contribution is 2.21. The molecule has 3 aromatic rings. The highest BCUT2D eigenvalue weighted by Gasteiger charge is 2.20. The van der Waals surface area contributed by atoms with Crippen molar-refractivity contribution in [2.75, 3.05) is 0 Å². The van der Waals surface area contributed by atoms with Crippen LogP contribution in [0, 0.1) is 17.0 Å². The maximum atomic E-state index is 12.9. The monoisotopic (exact) mass is 333 g/mol. The first-order chi connectivity index (χ1) is 12.1. The highest BCUT2D eigenvalue weighted by atomic mass is 16.6. The molecule has 5 heteroatoms. The molecular formula is C20H17N2O3+. The molecule has 124 valence electrons. The molecule has 0 amide bonds. The summed E-state index contributed by atoms with van der Waals surface area (Å²) < 4.78 is 2.00. The van der Waals surface area contributed by atoms with Crippen molar-refractivity contribution in [3.05, 3.63) is 105 Å². The number of aryl methyl sites for hydroxylation is 1. The minimum atomic E-state index is -0.480. The van der Waals surface area contributed by atoms with Crippen molar-refractivity contribution < 1.29 is 14.3 Å². The predicted molar refractivity (Wildman–Crippen MR) is 93.4 cm³/mol. The van der Waals surface area contributed by atoms with E-state index >= 15 is 0 Å². The summed E-state index contributed by atoms with van der Waals surface area (Å²) in [5.74, 6) is -0.214. The Bertz CT molecular complexity index is 937. The van der Waals surface area contributed by atoms with Gasteiger partial charge in [0.05, 0.1) is 4.92 Å². The van der Waals surface area contributed by atoms with Crippen LogP contribution in [0.5, 0.6) is 0 Å². The number of carbonyl (C=O) groups is 1. The van der Waals surface area contributed by atoms with Crippen LogP contribution in [-0.2, 0) is 6.54 Å². The minimum Gasteiger partial charge on any atom is -0.289 e. The molecule has 0 spiro atoms. The average Bonchev–Trinajstić information content (AvgIpc) is 2.64. The summed E-state index contributed by atoms with van der Waals surface area (Å²) in [6, 6.07) is 19.1. The van der Waals surface area contributed by atoms with Gasteiger partial charge in [0.15, 0.2) is 24.2 Å². The SMILES string of the molecule is Cc1cccc[n+]1Cc1ccc([N+](=O)[O-])cc1C(=O)c1ccccc1. The summed E-state index contributed by atoms with van der Waals surface area (Å²) in [4.78, 5) is 23.5. The van der Waals surface area contributed by atoms with Crippen molar-refractivity contribution in [3.8, 4) is 0 Å². The molecule has 1 heterocycles. The Labute approximate surface area is 145 Å². The fraction of sp³-hybridized carbons (Fsp3) is 0.100. The molecule has 0 aliphatic heterocycles. The molecular weight excluding hydrogens is 316 g/mol. The van der Waals surface area contributed by atoms with Gasteiger partial charge >= 0.3 is 0 Å². The van der Waals surface area contributed by atoms with E-state index in [0.29, 0.717) is 17.7 Å². The lowest BCUT2D eigenvalue weighted by Gasteiger charge is -2.08. The molecule has 0 N–H and O–H groups in total. The summed E-state index contributed by atoms with van der Waals surface area (Å²) in [7, 11) is 0. The number of nitro groups is 1. The Kier molecular flexibility index (Phi) is 4.66. The zero-order valence-electron chi connectivity index (χ0n) is 13.8. The average molecular weight is 333 g/mol. The van der Waals surface area contributed by atoms with E-state index in [1.165, 1.54) is 12.1 Å². The summed E-state index contributed by atoms with van der Waals surface area (Å²) in [6.07, 6.45) is 1.92. The van der Waals surface area contributed by atoms with Gasteiger partial charge in [-0.25, -0.2) is 0 Å². The Morgan fingerprint density at radius 2 is 1.76 bits per heavy atom. The molecule has 3 rings (SSSR count). The van der Waals surface area contributed by atoms with Gasteiger partial charge in [-0.3, -0.25) is 14.9 Å². The van der Waals surface area contributed by atoms with Gasteiger partial charge in [0.25, 0.3) is 5.69 Å². The van der Waals surface area contributed by atoms with Crippen molar-refractivity contribution in [1.29, 1.82) is 0 Å². The van der Waals surface area contributed by atoms with Crippen molar-refractivity contribution in [3.63, 3.8) is 0 Å². The van der Waals surface area contributed by atoms with Crippen molar-refractivity contribution >= 4 is 11.5 Å². The van der Waals surface area contributed by atoms with E-state index in [1.807, 2.05) is 42.0 Å². The molecule has 0 aliphatic carbocycles. The molecule has 1 aromatic heterocycles. The number of pyridine rings is 1. The molecule has 0 bridgehead atoms. The van der Waals surface area contributed by atoms with E-state index in [0.717, 1.165) is 11.3 Å². The van der Waals surface area contributed by atoms with Crippen LogP contribution in [0.3, 0.4) is 0 Å². The number of hydrogen-bond donors (Lipinski definition) is 0. The Morgan fingerprint density at radius 3 is 2.44 bits per heavy atom. The number of carbonyl (C=O) groups excluding carboxylic acids is 1. The van der Waals surface area contributed by atoms with Gasteiger partial charge in [0, 0.05) is 47.9 Å². The van der Waals surface area contributed by atoms with Gasteiger partial charge in [0.2, 0.25) is 0 Å². The van der Waals surface area contributed by atoms with Gasteiger partial charge in [-0.2, -0.15) is 4.57 Å². The zero-order valence-corrected chi connectivity index (χ0v) is 13.8. The van der Waals surface area contributed by atoms with Gasteiger partial charge in [-0.1, -0.05) is 36.4 Å². The molecule has 0 radical (unpaired) electrons. The van der Waals surface area contributed by atoms with Crippen molar-refractivity contribution in [2.45, 2.75) is 13.5 Å². The largest absolute Gasteiger partial charge is 0.289 e. The van der Waals surface area contributed by atoms with Crippen LogP contribution in [0.1, 0.15) is 27.2 Å². The molecule has 5 nitrogen and oxygen atoms in total. The zero-order chi connectivity index (χ0) is 17.8. The number of benzene rings is 2. The lowest BCUT2D eigenvalue weighted by atomic mass is 9.97. The normalized spacial score (nSPS) is 10.4. The number of rotatable bonds is 5. The van der Waals surface area contributed by atoms with E-state index in [1.54, 1.807) is 30.3 Å². The van der Waals surface area contributed by atoms with Crippen LogP contribution in [0.2, 0.25) is 0 Å². The molecule has 0 fully saturated rings. The van der Waals surface area contributed by atoms with Crippen LogP contribution in [0.4, 0.5) is 5.69 Å². The van der Waals surface area contributed by atoms with Crippen LogP contribution < -0.4 is 4.57 Å². The van der Waals surface area contributed by atoms with E-state index in [4.69, 9.17) is 0 Å². The Morgan fingerprint density at radius 1 is 1.04 bits per heavy atom. The smallest absolute Gasteiger partial charge is 0.270 e. The second-order valence-corrected chi connectivity index (χ2v) is 5.76. The topological polar surface area (TPSA) is 64.1 Å². The van der Waals surface area contributed by atoms with Gasteiger partial charge < -0.3 is 0 Å². The summed E-state index contributed by atoms with van der Waals surface area (Å²) >= 11 is 0. The number of nitro benzene ring substituents is 1. The highest BCUT2D eigenvalue weighted by molar-refractivity contribution is 6.10. The quantitative estimate of drug-likeness (QED) is 0.311. The molecule has 0 aliphatic rings. The third-order valence-electron chi connectivity index (χ3n) is 4.09. The summed E-state index contributed by atoms with van der Waals surface area (Å²) in [5.41, 5.74) is 2.57. The van der Waals surface area contributed by atoms with Crippen molar-refractivity contribution in [2.24, 2.45) is 0 Å². The Balaban J connectivity index is 2.07. The van der Waals surface area contributed by atoms with E-state index in [2.05, 4.69) is 0 Å². The second-order valence-electron chi connectivity index (χ2n) is 5.76. The lowest BCUT2D eigenvalue weighted by molar-refractivity contribution is -0.694. The molecule has 2 aromatic carbocycles. The van der Waals surface area contributed by atoms with Crippen LogP contribution in [0.15, 0.2) is 72.9 Å². The summed E-state index contributed by atoms with van der Waals surface area (Å²) in [6.45, 7) is 2.45. The minimum absolute atomic E-state index is 0.0854. The van der Waals surface area contributed by atoms with Crippen LogP contribution >= 0.6 is 0 Å². The third kappa shape index (κ3) is 3.61. The van der Waals surface area contributed by atoms with Crippen molar-refractivity contribution in [1.82, 2.24) is 0 Å². The number of aromatic nitrogens is 1. The first-order valence-electron chi connectivity index (χ1n) is 7.88. The molecule has 25 heavy (non-hydrogen) atoms. The number of ketones is 1. The van der Waals surface area contributed by atoms with Gasteiger partial charge in [-0.15, -0.1) is 0 Å². The number of nitrogens with zero attached hydrogens (tertiary/aromatic N) is 2. The lowest BCUT2D eigenvalue weighted by Crippen LogP contribution is -2.37. The number of hydrogen-bond acceptors (Lipinski definition) is 3. The maximum absolute atomic E-state index is 12.9. The van der Waals surface area contributed by atoms with Gasteiger partial charge in [0.1, 0.15) is 0 Å². The fourth-order valence-electron chi connectivity index (χ4n) is 2.69. The van der Waals surface area contributed by atoms with E-state index in [9.17, 15) is 14.9 Å². The second kappa shape index (κ2) is 7.05. The number of non-ortho nitro benzene ring substituents is 1. The Hall–Kier alpha value is -3.34. The third-order valence-corrected chi connectivity index (χ3v) is 4.09. The summed E-state index contributed by atoms with van der Waals surface area (Å²) in [5, 5.41) is 11.1. The first-order valence-corrected chi connectivity index (χ1v) is 7.88. The first kappa shape index (κ1) is 16.5.